The average molecular weight is 963 g/mol. The van der Waals surface area contributed by atoms with Crippen LogP contribution < -0.4 is 0 Å². The summed E-state index contributed by atoms with van der Waals surface area (Å²) in [6, 6.07) is 26.6. The first-order valence-corrected chi connectivity index (χ1v) is 26.5. The fraction of sp³-hybridized carbons (Fsp3) is 0.181. The maximum Gasteiger partial charge on any atom is 0.0619 e. The van der Waals surface area contributed by atoms with Crippen LogP contribution in [-0.4, -0.2) is 10.8 Å². The standard InChI is InChI=1S/C72H70N2/c1-9-12-15-23-40-58(47-51(5)49-73-70(53(7)33-20-13-10-2)57-38-24-16-17-25-39-57)64(48-55-34-21-18-22-35-55)74-71-61(56-36-26-19-27-37-56)45-44-60(52(6)32-14-11-3)68(71)69-65(59-41-30-31-50(4)46-59)54(8)66(72(69)74)67-62-42-28-29-43-63(62)67/h9-10,12-29,31-32,34-40,42-49,52,57,62,65H,1-2,5,11,30,33,41H2,3-4,6-8H3/b15-12-,20-13+,32-14-,40-23+,58-47-,64-48-,70-53-,73-49?. The van der Waals surface area contributed by atoms with Crippen LogP contribution in [0, 0.1) is 11.8 Å². The van der Waals surface area contributed by atoms with Gasteiger partial charge < -0.3 is 4.57 Å². The van der Waals surface area contributed by atoms with E-state index in [1.807, 2.05) is 30.5 Å². The molecule has 0 saturated carbocycles. The van der Waals surface area contributed by atoms with Gasteiger partial charge in [0.15, 0.2) is 0 Å². The molecule has 9 rings (SSSR count). The first kappa shape index (κ1) is 50.9. The number of nitrogens with zero attached hydrogens (tertiary/aromatic N) is 2. The van der Waals surface area contributed by atoms with Crippen molar-refractivity contribution in [1.29, 1.82) is 0 Å². The maximum absolute atomic E-state index is 5.32. The number of aromatic nitrogens is 1. The van der Waals surface area contributed by atoms with Gasteiger partial charge in [-0.05, 0) is 115 Å². The number of hydrogen-bond donors (Lipinski definition) is 0. The fourth-order valence-electron chi connectivity index (χ4n) is 11.2. The predicted octanol–water partition coefficient (Wildman–Crippen LogP) is 19.5. The Morgan fingerprint density at radius 1 is 0.838 bits per heavy atom. The quantitative estimate of drug-likeness (QED) is 0.0506. The lowest BCUT2D eigenvalue weighted by atomic mass is 9.80. The van der Waals surface area contributed by atoms with E-state index in [1.165, 1.54) is 77.9 Å². The predicted molar refractivity (Wildman–Crippen MR) is 323 cm³/mol. The molecule has 0 radical (unpaired) electrons. The van der Waals surface area contributed by atoms with Crippen LogP contribution in [0.15, 0.2) is 288 Å². The Kier molecular flexibility index (Phi) is 16.3. The Bertz CT molecular complexity index is 3390. The van der Waals surface area contributed by atoms with Crippen molar-refractivity contribution in [3.05, 3.63) is 305 Å². The molecule has 74 heavy (non-hydrogen) atoms. The molecule has 2 nitrogen and oxygen atoms in total. The van der Waals surface area contributed by atoms with E-state index < -0.39 is 0 Å². The van der Waals surface area contributed by atoms with Crippen molar-refractivity contribution in [1.82, 2.24) is 4.57 Å². The lowest BCUT2D eigenvalue weighted by Gasteiger charge is -2.23. The first-order valence-electron chi connectivity index (χ1n) is 26.5. The van der Waals surface area contributed by atoms with E-state index in [0.29, 0.717) is 0 Å². The second-order valence-corrected chi connectivity index (χ2v) is 19.9. The summed E-state index contributed by atoms with van der Waals surface area (Å²) in [5.74, 6) is 0.549. The highest BCUT2D eigenvalue weighted by atomic mass is 15.0. The topological polar surface area (TPSA) is 17.3 Å². The van der Waals surface area contributed by atoms with Gasteiger partial charge in [0.2, 0.25) is 0 Å². The summed E-state index contributed by atoms with van der Waals surface area (Å²) in [6.07, 6.45) is 58.1. The molecule has 368 valence electrons. The van der Waals surface area contributed by atoms with Crippen LogP contribution in [0.25, 0.3) is 39.4 Å². The van der Waals surface area contributed by atoms with Crippen molar-refractivity contribution >= 4 is 34.5 Å². The Morgan fingerprint density at radius 2 is 1.58 bits per heavy atom. The molecule has 3 aromatic carbocycles. The van der Waals surface area contributed by atoms with E-state index in [1.54, 1.807) is 0 Å². The fourth-order valence-corrected chi connectivity index (χ4v) is 11.2. The second kappa shape index (κ2) is 23.6. The Morgan fingerprint density at radius 3 is 2.28 bits per heavy atom. The van der Waals surface area contributed by atoms with Gasteiger partial charge in [0.1, 0.15) is 0 Å². The van der Waals surface area contributed by atoms with Crippen LogP contribution in [0.2, 0.25) is 0 Å². The van der Waals surface area contributed by atoms with Gasteiger partial charge >= 0.3 is 0 Å². The highest BCUT2D eigenvalue weighted by Crippen LogP contribution is 2.62. The molecule has 3 atom stereocenters. The van der Waals surface area contributed by atoms with Gasteiger partial charge in [-0.25, -0.2) is 0 Å². The molecule has 3 unspecified atom stereocenters. The maximum atomic E-state index is 5.32. The SMILES string of the molecule is C=C\C=C/C=C/C(=C/C(=C)C=N/C(=C(/C)C/C=C/C=C)C1C=CC=CC=C1)C(=C/c1ccccc1)/n1c2c(c3c(C(C)/C=C\CC)ccc(-c4ccccc4)c31)C(C1=CC(C)=CCC1)C(C)=C2C1=C2C=CC=CC21. The molecule has 0 bridgehead atoms. The summed E-state index contributed by atoms with van der Waals surface area (Å²) >= 11 is 0. The molecule has 0 amide bonds. The molecule has 0 fully saturated rings. The Balaban J connectivity index is 1.40. The van der Waals surface area contributed by atoms with Gasteiger partial charge in [0.25, 0.3) is 0 Å². The minimum atomic E-state index is 0.00669. The van der Waals surface area contributed by atoms with Crippen molar-refractivity contribution in [3.8, 4) is 11.1 Å². The monoisotopic (exact) mass is 963 g/mol. The lowest BCUT2D eigenvalue weighted by molar-refractivity contribution is 0.825. The molecule has 5 aliphatic carbocycles. The van der Waals surface area contributed by atoms with Gasteiger partial charge in [0, 0.05) is 40.5 Å². The zero-order chi connectivity index (χ0) is 51.6. The van der Waals surface area contributed by atoms with E-state index in [9.17, 15) is 0 Å². The molecular weight excluding hydrogens is 893 g/mol. The van der Waals surface area contributed by atoms with Gasteiger partial charge in [-0.3, -0.25) is 4.99 Å². The molecule has 4 aromatic rings. The molecule has 0 aliphatic heterocycles. The van der Waals surface area contributed by atoms with Crippen molar-refractivity contribution in [2.75, 3.05) is 0 Å². The van der Waals surface area contributed by atoms with E-state index in [2.05, 4.69) is 247 Å². The van der Waals surface area contributed by atoms with Crippen molar-refractivity contribution in [3.63, 3.8) is 0 Å². The summed E-state index contributed by atoms with van der Waals surface area (Å²) in [4.78, 5) is 5.32. The van der Waals surface area contributed by atoms with E-state index >= 15 is 0 Å². The van der Waals surface area contributed by atoms with Crippen LogP contribution in [0.1, 0.15) is 94.5 Å². The normalized spacial score (nSPS) is 19.6. The molecule has 1 heterocycles. The van der Waals surface area contributed by atoms with Crippen LogP contribution in [0.4, 0.5) is 0 Å². The summed E-state index contributed by atoms with van der Waals surface area (Å²) in [7, 11) is 0. The number of benzene rings is 3. The minimum Gasteiger partial charge on any atom is -0.308 e. The molecule has 2 heteroatoms. The van der Waals surface area contributed by atoms with Gasteiger partial charge in [-0.2, -0.15) is 0 Å². The van der Waals surface area contributed by atoms with E-state index in [4.69, 9.17) is 11.6 Å². The molecule has 0 saturated heterocycles. The summed E-state index contributed by atoms with van der Waals surface area (Å²) in [6.45, 7) is 24.2. The average Bonchev–Trinajstić information content (AvgIpc) is 4.08. The van der Waals surface area contributed by atoms with E-state index in [0.717, 1.165) is 53.8 Å². The van der Waals surface area contributed by atoms with Crippen molar-refractivity contribution in [2.24, 2.45) is 16.8 Å². The highest BCUT2D eigenvalue weighted by Gasteiger charge is 2.46. The molecular formula is C72H70N2. The third-order valence-electron chi connectivity index (χ3n) is 14.7. The Labute approximate surface area is 441 Å². The minimum absolute atomic E-state index is 0.00669. The number of hydrogen-bond acceptors (Lipinski definition) is 1. The second-order valence-electron chi connectivity index (χ2n) is 19.9. The summed E-state index contributed by atoms with van der Waals surface area (Å²) in [5.41, 5.74) is 22.2. The third kappa shape index (κ3) is 10.8. The number of allylic oxidation sites excluding steroid dienone is 32. The lowest BCUT2D eigenvalue weighted by Crippen LogP contribution is -2.06. The molecule has 0 N–H and O–H groups in total. The number of aliphatic imine (C=N–C) groups is 1. The molecule has 1 aromatic heterocycles. The van der Waals surface area contributed by atoms with Gasteiger partial charge in [0.05, 0.1) is 22.6 Å². The zero-order valence-electron chi connectivity index (χ0n) is 44.0. The van der Waals surface area contributed by atoms with Gasteiger partial charge in [-0.1, -0.05) is 257 Å². The van der Waals surface area contributed by atoms with Crippen LogP contribution >= 0.6 is 0 Å². The number of fused-ring (bicyclic) bond motifs is 4. The third-order valence-corrected chi connectivity index (χ3v) is 14.7. The van der Waals surface area contributed by atoms with Crippen LogP contribution in [0.3, 0.4) is 0 Å². The summed E-state index contributed by atoms with van der Waals surface area (Å²) in [5, 5.41) is 1.34. The zero-order valence-corrected chi connectivity index (χ0v) is 44.0. The molecule has 5 aliphatic rings. The van der Waals surface area contributed by atoms with Crippen LogP contribution in [-0.2, 0) is 0 Å². The smallest absolute Gasteiger partial charge is 0.0619 e. The van der Waals surface area contributed by atoms with Crippen molar-refractivity contribution in [2.45, 2.75) is 72.1 Å². The molecule has 0 spiro atoms. The van der Waals surface area contributed by atoms with Crippen LogP contribution in [0.5, 0.6) is 0 Å². The number of rotatable bonds is 19. The van der Waals surface area contributed by atoms with Gasteiger partial charge in [-0.15, -0.1) is 0 Å². The summed E-state index contributed by atoms with van der Waals surface area (Å²) < 4.78 is 2.67. The first-order chi connectivity index (χ1) is 36.2. The largest absolute Gasteiger partial charge is 0.308 e. The van der Waals surface area contributed by atoms with E-state index in [-0.39, 0.29) is 23.7 Å². The highest BCUT2D eigenvalue weighted by molar-refractivity contribution is 6.11. The Hall–Kier alpha value is -8.07. The van der Waals surface area contributed by atoms with Crippen molar-refractivity contribution < 1.29 is 0 Å².